The van der Waals surface area contributed by atoms with Gasteiger partial charge in [0, 0.05) is 12.7 Å². The fourth-order valence-corrected chi connectivity index (χ4v) is 1.94. The maximum Gasteiger partial charge on any atom is 0.143 e. The molecule has 0 fully saturated rings. The molecule has 0 bridgehead atoms. The Balaban J connectivity index is 2.33. The van der Waals surface area contributed by atoms with Crippen LogP contribution < -0.4 is 4.90 Å². The Hall–Kier alpha value is -2.41. The second-order valence-electron chi connectivity index (χ2n) is 4.08. The summed E-state index contributed by atoms with van der Waals surface area (Å²) in [6.45, 7) is 3.19. The zero-order chi connectivity index (χ0) is 13.7. The molecule has 0 unspecified atom stereocenters. The van der Waals surface area contributed by atoms with Gasteiger partial charge in [0.2, 0.25) is 0 Å². The van der Waals surface area contributed by atoms with Gasteiger partial charge in [-0.05, 0) is 31.2 Å². The number of aromatic nitrogens is 1. The summed E-state index contributed by atoms with van der Waals surface area (Å²) in [6, 6.07) is 12.3. The third-order valence-corrected chi connectivity index (χ3v) is 2.90. The molecule has 1 aromatic carbocycles. The standard InChI is InChI=1S/C15H14FN3/c1-2-19(11-12-6-3-4-9-18-12)15-8-5-7-14(16)13(15)10-17/h3-9H,2,11H2,1H3. The zero-order valence-corrected chi connectivity index (χ0v) is 10.7. The second-order valence-corrected chi connectivity index (χ2v) is 4.08. The zero-order valence-electron chi connectivity index (χ0n) is 10.7. The van der Waals surface area contributed by atoms with Crippen molar-refractivity contribution in [3.05, 3.63) is 59.7 Å². The smallest absolute Gasteiger partial charge is 0.143 e. The summed E-state index contributed by atoms with van der Waals surface area (Å²) in [5, 5.41) is 9.08. The lowest BCUT2D eigenvalue weighted by molar-refractivity contribution is 0.622. The van der Waals surface area contributed by atoms with Crippen molar-refractivity contribution in [1.82, 2.24) is 4.98 Å². The molecule has 4 heteroatoms. The Morgan fingerprint density at radius 3 is 2.74 bits per heavy atom. The van der Waals surface area contributed by atoms with E-state index in [1.807, 2.05) is 36.1 Å². The van der Waals surface area contributed by atoms with Crippen molar-refractivity contribution in [2.24, 2.45) is 0 Å². The third-order valence-electron chi connectivity index (χ3n) is 2.90. The first-order valence-electron chi connectivity index (χ1n) is 6.09. The van der Waals surface area contributed by atoms with Crippen molar-refractivity contribution in [3.63, 3.8) is 0 Å². The highest BCUT2D eigenvalue weighted by Gasteiger charge is 2.14. The first kappa shape index (κ1) is 13.0. The molecule has 0 aliphatic carbocycles. The van der Waals surface area contributed by atoms with Crippen molar-refractivity contribution in [2.45, 2.75) is 13.5 Å². The average Bonchev–Trinajstić information content (AvgIpc) is 2.45. The van der Waals surface area contributed by atoms with Gasteiger partial charge in [0.05, 0.1) is 17.9 Å². The van der Waals surface area contributed by atoms with Crippen LogP contribution in [0.25, 0.3) is 0 Å². The number of rotatable bonds is 4. The lowest BCUT2D eigenvalue weighted by atomic mass is 10.1. The molecule has 0 N–H and O–H groups in total. The van der Waals surface area contributed by atoms with Crippen LogP contribution in [0.2, 0.25) is 0 Å². The number of benzene rings is 1. The summed E-state index contributed by atoms with van der Waals surface area (Å²) in [5.41, 5.74) is 1.58. The molecule has 0 saturated heterocycles. The van der Waals surface area contributed by atoms with E-state index in [0.29, 0.717) is 18.8 Å². The topological polar surface area (TPSA) is 39.9 Å². The van der Waals surface area contributed by atoms with Crippen LogP contribution in [0.5, 0.6) is 0 Å². The summed E-state index contributed by atoms with van der Waals surface area (Å²) in [6.07, 6.45) is 1.72. The van der Waals surface area contributed by atoms with Gasteiger partial charge in [-0.1, -0.05) is 12.1 Å². The van der Waals surface area contributed by atoms with Crippen LogP contribution in [0.15, 0.2) is 42.6 Å². The van der Waals surface area contributed by atoms with Crippen molar-refractivity contribution >= 4 is 5.69 Å². The van der Waals surface area contributed by atoms with Gasteiger partial charge >= 0.3 is 0 Å². The third kappa shape index (κ3) is 2.89. The van der Waals surface area contributed by atoms with Crippen LogP contribution in [0, 0.1) is 17.1 Å². The van der Waals surface area contributed by atoms with Gasteiger partial charge in [0.1, 0.15) is 17.4 Å². The van der Waals surface area contributed by atoms with E-state index in [-0.39, 0.29) is 5.56 Å². The second kappa shape index (κ2) is 5.96. The highest BCUT2D eigenvalue weighted by Crippen LogP contribution is 2.23. The summed E-state index contributed by atoms with van der Waals surface area (Å²) < 4.78 is 13.6. The fourth-order valence-electron chi connectivity index (χ4n) is 1.94. The SMILES string of the molecule is CCN(Cc1ccccn1)c1cccc(F)c1C#N. The van der Waals surface area contributed by atoms with Crippen LogP contribution in [0.1, 0.15) is 18.2 Å². The quantitative estimate of drug-likeness (QED) is 0.842. The highest BCUT2D eigenvalue weighted by atomic mass is 19.1. The summed E-state index contributed by atoms with van der Waals surface area (Å²) >= 11 is 0. The maximum absolute atomic E-state index is 13.6. The highest BCUT2D eigenvalue weighted by molar-refractivity contribution is 5.59. The van der Waals surface area contributed by atoms with Crippen molar-refractivity contribution in [2.75, 3.05) is 11.4 Å². The Labute approximate surface area is 111 Å². The molecule has 0 spiro atoms. The van der Waals surface area contributed by atoms with Crippen molar-refractivity contribution < 1.29 is 4.39 Å². The predicted molar refractivity (Wildman–Crippen MR) is 72.1 cm³/mol. The van der Waals surface area contributed by atoms with Crippen LogP contribution in [0.3, 0.4) is 0 Å². The van der Waals surface area contributed by atoms with Gasteiger partial charge in [-0.2, -0.15) is 5.26 Å². The molecule has 1 aromatic heterocycles. The Kier molecular flexibility index (Phi) is 4.09. The Bertz CT molecular complexity index is 590. The van der Waals surface area contributed by atoms with E-state index in [0.717, 1.165) is 5.69 Å². The molecule has 0 aliphatic heterocycles. The number of nitriles is 1. The maximum atomic E-state index is 13.6. The lowest BCUT2D eigenvalue weighted by Crippen LogP contribution is -2.23. The molecule has 0 radical (unpaired) electrons. The number of hydrogen-bond acceptors (Lipinski definition) is 3. The van der Waals surface area contributed by atoms with Gasteiger partial charge in [0.25, 0.3) is 0 Å². The number of halogens is 1. The molecule has 96 valence electrons. The van der Waals surface area contributed by atoms with E-state index >= 15 is 0 Å². The molecule has 19 heavy (non-hydrogen) atoms. The summed E-state index contributed by atoms with van der Waals surface area (Å²) in [4.78, 5) is 6.19. The van der Waals surface area contributed by atoms with E-state index in [2.05, 4.69) is 4.98 Å². The molecule has 0 saturated carbocycles. The Morgan fingerprint density at radius 2 is 2.11 bits per heavy atom. The van der Waals surface area contributed by atoms with E-state index in [1.54, 1.807) is 18.3 Å². The van der Waals surface area contributed by atoms with Crippen LogP contribution in [-0.4, -0.2) is 11.5 Å². The number of nitrogens with zero attached hydrogens (tertiary/aromatic N) is 3. The Morgan fingerprint density at radius 1 is 1.26 bits per heavy atom. The van der Waals surface area contributed by atoms with Crippen molar-refractivity contribution in [1.29, 1.82) is 5.26 Å². The van der Waals surface area contributed by atoms with Gasteiger partial charge in [-0.15, -0.1) is 0 Å². The minimum atomic E-state index is -0.487. The van der Waals surface area contributed by atoms with Crippen LogP contribution in [-0.2, 0) is 6.54 Å². The molecular weight excluding hydrogens is 241 g/mol. The molecule has 3 nitrogen and oxygen atoms in total. The normalized spacial score (nSPS) is 9.95. The number of hydrogen-bond donors (Lipinski definition) is 0. The van der Waals surface area contributed by atoms with Gasteiger partial charge in [-0.3, -0.25) is 4.98 Å². The predicted octanol–water partition coefficient (Wildman–Crippen LogP) is 3.12. The number of pyridine rings is 1. The number of anilines is 1. The summed E-state index contributed by atoms with van der Waals surface area (Å²) in [7, 11) is 0. The average molecular weight is 255 g/mol. The molecule has 2 rings (SSSR count). The monoisotopic (exact) mass is 255 g/mol. The van der Waals surface area contributed by atoms with Gasteiger partial charge in [0.15, 0.2) is 0 Å². The van der Waals surface area contributed by atoms with E-state index < -0.39 is 5.82 Å². The molecule has 1 heterocycles. The largest absolute Gasteiger partial charge is 0.365 e. The van der Waals surface area contributed by atoms with E-state index in [4.69, 9.17) is 5.26 Å². The van der Waals surface area contributed by atoms with Gasteiger partial charge in [-0.25, -0.2) is 4.39 Å². The molecular formula is C15H14FN3. The molecule has 0 atom stereocenters. The fraction of sp³-hybridized carbons (Fsp3) is 0.200. The lowest BCUT2D eigenvalue weighted by Gasteiger charge is -2.23. The van der Waals surface area contributed by atoms with Gasteiger partial charge < -0.3 is 4.90 Å². The first-order chi connectivity index (χ1) is 9.26. The first-order valence-corrected chi connectivity index (χ1v) is 6.09. The van der Waals surface area contributed by atoms with Crippen LogP contribution in [0.4, 0.5) is 10.1 Å². The minimum Gasteiger partial charge on any atom is -0.365 e. The van der Waals surface area contributed by atoms with Crippen LogP contribution >= 0.6 is 0 Å². The van der Waals surface area contributed by atoms with Crippen molar-refractivity contribution in [3.8, 4) is 6.07 Å². The molecule has 2 aromatic rings. The minimum absolute atomic E-state index is 0.0836. The molecule has 0 amide bonds. The van der Waals surface area contributed by atoms with E-state index in [9.17, 15) is 4.39 Å². The summed E-state index contributed by atoms with van der Waals surface area (Å²) in [5.74, 6) is -0.487. The van der Waals surface area contributed by atoms with E-state index in [1.165, 1.54) is 6.07 Å². The molecule has 0 aliphatic rings.